The minimum Gasteiger partial charge on any atom is -0.436 e. The maximum Gasteiger partial charge on any atom is 0.246 e. The average molecular weight is 1670 g/mol. The Kier molecular flexibility index (Phi) is 18.2. The molecule has 25 aromatic rings. The van der Waals surface area contributed by atoms with Gasteiger partial charge in [-0.05, 0) is 209 Å². The Morgan fingerprint density at radius 1 is 0.216 bits per heavy atom. The highest BCUT2D eigenvalue weighted by Gasteiger charge is 2.46. The number of aromatic nitrogens is 2. The predicted molar refractivity (Wildman–Crippen MR) is 536 cm³/mol. The molecule has 4 nitrogen and oxygen atoms in total. The van der Waals surface area contributed by atoms with Gasteiger partial charge in [-0.15, -0.1) is 45.3 Å². The molecule has 586 valence electrons. The van der Waals surface area contributed by atoms with Crippen molar-refractivity contribution in [1.29, 1.82) is 0 Å². The third-order valence-electron chi connectivity index (χ3n) is 24.9. The van der Waals surface area contributed by atoms with Crippen molar-refractivity contribution in [1.82, 2.24) is 9.97 Å². The molecule has 0 bridgehead atoms. The van der Waals surface area contributed by atoms with Crippen molar-refractivity contribution >= 4 is 176 Å². The maximum absolute atomic E-state index is 6.05. The van der Waals surface area contributed by atoms with E-state index < -0.39 is 5.41 Å². The third-order valence-corrected chi connectivity index (χ3v) is 29.8. The van der Waals surface area contributed by atoms with Crippen molar-refractivity contribution in [2.45, 2.75) is 5.41 Å². The smallest absolute Gasteiger partial charge is 0.246 e. The van der Waals surface area contributed by atoms with E-state index in [1.54, 1.807) is 0 Å². The number of para-hydroxylation sites is 3. The Balaban J connectivity index is 0.000000106. The van der Waals surface area contributed by atoms with Gasteiger partial charge < -0.3 is 9.32 Å². The molecule has 0 N–H and O–H groups in total. The number of anilines is 3. The van der Waals surface area contributed by atoms with E-state index in [1.165, 1.54) is 170 Å². The van der Waals surface area contributed by atoms with Crippen LogP contribution in [0.1, 0.15) is 22.3 Å². The van der Waals surface area contributed by atoms with E-state index in [2.05, 4.69) is 422 Å². The summed E-state index contributed by atoms with van der Waals surface area (Å²) in [4.78, 5) is 11.9. The second-order valence-electron chi connectivity index (χ2n) is 32.0. The molecule has 0 saturated carbocycles. The Labute approximate surface area is 738 Å². The average Bonchev–Trinajstić information content (AvgIpc) is 1.56. The minimum absolute atomic E-state index is 0.401. The highest BCUT2D eigenvalue weighted by atomic mass is 32.1. The van der Waals surface area contributed by atoms with E-state index in [9.17, 15) is 0 Å². The van der Waals surface area contributed by atoms with Gasteiger partial charge >= 0.3 is 0 Å². The molecule has 6 heterocycles. The second-order valence-corrected chi connectivity index (χ2v) is 36.2. The van der Waals surface area contributed by atoms with Crippen molar-refractivity contribution in [3.05, 3.63) is 465 Å². The standard InChI is InChI=1S/C43H31N.C42H24S3.C32H18N2OS/c1-4-14-32(15-5-1)33-24-28-37(29-25-33)44(36-18-8-3-9-19-36)38-30-26-35(27-31-38)43(34-16-6-2-7-17-34)41-22-12-10-20-39(41)40-21-11-13-23-42(40)43;1-4-19-37-31(10-1)34-16-7-13-28(40(34)43-37)25-22-26(29-14-8-17-35-32-11-2-5-20-38(32)44-41(29)35)24-27(23-25)30-15-9-18-36-33-12-3-6-21-39(33)45-42(30)36;1-4-14-29-23(9-1)24-11-6-10-22(31(24)36-29)21-8-5-7-19(17-21)20-15-16-28-25(18-20)30-32(35-28)34-27-13-3-2-12-26(27)33-30/h1-31H;1-24H;1-18H. The lowest BCUT2D eigenvalue weighted by Gasteiger charge is -2.34. The molecule has 19 aromatic carbocycles. The van der Waals surface area contributed by atoms with Gasteiger partial charge in [0.1, 0.15) is 11.1 Å². The Bertz CT molecular complexity index is 8130. The van der Waals surface area contributed by atoms with E-state index in [4.69, 9.17) is 9.40 Å². The number of nitrogens with zero attached hydrogens (tertiary/aromatic N) is 3. The summed E-state index contributed by atoms with van der Waals surface area (Å²) in [6.07, 6.45) is 0. The highest BCUT2D eigenvalue weighted by molar-refractivity contribution is 7.27. The molecule has 8 heteroatoms. The minimum atomic E-state index is -0.401. The molecular formula is C117H73N3OS4. The van der Waals surface area contributed by atoms with Gasteiger partial charge in [0.15, 0.2) is 0 Å². The normalized spacial score (nSPS) is 12.2. The first kappa shape index (κ1) is 73.9. The van der Waals surface area contributed by atoms with Crippen LogP contribution < -0.4 is 4.90 Å². The van der Waals surface area contributed by atoms with Crippen molar-refractivity contribution in [2.75, 3.05) is 4.90 Å². The fourth-order valence-electron chi connectivity index (χ4n) is 19.2. The van der Waals surface area contributed by atoms with Gasteiger partial charge in [-0.2, -0.15) is 0 Å². The Hall–Kier alpha value is -15.0. The fraction of sp³-hybridized carbons (Fsp3) is 0.00855. The lowest BCUT2D eigenvalue weighted by Crippen LogP contribution is -2.28. The van der Waals surface area contributed by atoms with Crippen molar-refractivity contribution in [2.24, 2.45) is 0 Å². The van der Waals surface area contributed by atoms with Crippen molar-refractivity contribution in [3.63, 3.8) is 0 Å². The Morgan fingerprint density at radius 2 is 0.544 bits per heavy atom. The maximum atomic E-state index is 6.05. The number of hydrogen-bond donors (Lipinski definition) is 0. The molecule has 6 aromatic heterocycles. The first-order valence-corrected chi connectivity index (χ1v) is 45.6. The van der Waals surface area contributed by atoms with E-state index in [0.29, 0.717) is 5.71 Å². The Morgan fingerprint density at radius 3 is 1.04 bits per heavy atom. The summed E-state index contributed by atoms with van der Waals surface area (Å²) in [5.41, 5.74) is 29.5. The lowest BCUT2D eigenvalue weighted by molar-refractivity contribution is 0.655. The van der Waals surface area contributed by atoms with Gasteiger partial charge in [-0.3, -0.25) is 0 Å². The first-order chi connectivity index (χ1) is 61.9. The van der Waals surface area contributed by atoms with E-state index in [0.717, 1.165) is 55.7 Å². The second kappa shape index (κ2) is 30.9. The number of thiophene rings is 4. The number of rotatable bonds is 11. The predicted octanol–water partition coefficient (Wildman–Crippen LogP) is 34.2. The SMILES string of the molecule is c1cc(-c2ccc3oc4nc5ccccc5nc4c3c2)cc(-c2cccc3c2sc2ccccc23)c1.c1ccc(-c2ccc(N(c3ccccc3)c3ccc(C4(c5ccccc5)c5ccccc5-c5ccccc54)cc3)cc2)cc1.c1ccc2c(c1)sc1c(-c3cc(-c4cccc5c4sc4ccccc45)cc(-c4cccc5c4sc4ccccc45)c3)cccc12. The van der Waals surface area contributed by atoms with Gasteiger partial charge in [0, 0.05) is 103 Å². The van der Waals surface area contributed by atoms with Crippen LogP contribution in [0, 0.1) is 0 Å². The van der Waals surface area contributed by atoms with Crippen LogP contribution in [0.4, 0.5) is 17.1 Å². The molecule has 0 aliphatic heterocycles. The summed E-state index contributed by atoms with van der Waals surface area (Å²) < 4.78 is 16.7. The van der Waals surface area contributed by atoms with Crippen LogP contribution in [0.5, 0.6) is 0 Å². The number of benzene rings is 19. The van der Waals surface area contributed by atoms with Crippen LogP contribution in [-0.2, 0) is 5.41 Å². The van der Waals surface area contributed by atoms with Crippen LogP contribution in [0.15, 0.2) is 447 Å². The largest absolute Gasteiger partial charge is 0.436 e. The van der Waals surface area contributed by atoms with Gasteiger partial charge in [0.25, 0.3) is 0 Å². The van der Waals surface area contributed by atoms with Gasteiger partial charge in [0.05, 0.1) is 16.4 Å². The van der Waals surface area contributed by atoms with Crippen molar-refractivity contribution in [3.8, 4) is 77.9 Å². The molecule has 1 aliphatic carbocycles. The highest BCUT2D eigenvalue weighted by Crippen LogP contribution is 2.57. The van der Waals surface area contributed by atoms with Gasteiger partial charge in [-0.1, -0.05) is 334 Å². The molecule has 0 spiro atoms. The molecule has 26 rings (SSSR count). The molecular weight excluding hydrogens is 1590 g/mol. The summed E-state index contributed by atoms with van der Waals surface area (Å²) in [5.74, 6) is 0. The van der Waals surface area contributed by atoms with E-state index in [-0.39, 0.29) is 0 Å². The summed E-state index contributed by atoms with van der Waals surface area (Å²) in [6.45, 7) is 0. The molecule has 0 radical (unpaired) electrons. The van der Waals surface area contributed by atoms with Crippen molar-refractivity contribution < 1.29 is 4.42 Å². The number of hydrogen-bond acceptors (Lipinski definition) is 8. The monoisotopic (exact) mass is 1660 g/mol. The quantitative estimate of drug-likeness (QED) is 0.129. The topological polar surface area (TPSA) is 42.2 Å². The van der Waals surface area contributed by atoms with Gasteiger partial charge in [-0.25, -0.2) is 9.97 Å². The van der Waals surface area contributed by atoms with Crippen LogP contribution in [-0.4, -0.2) is 9.97 Å². The summed E-state index contributed by atoms with van der Waals surface area (Å²) in [7, 11) is 0. The third kappa shape index (κ3) is 12.7. The molecule has 0 saturated heterocycles. The molecule has 125 heavy (non-hydrogen) atoms. The zero-order valence-corrected chi connectivity index (χ0v) is 70.8. The van der Waals surface area contributed by atoms with Gasteiger partial charge in [0.2, 0.25) is 5.71 Å². The van der Waals surface area contributed by atoms with E-state index >= 15 is 0 Å². The first-order valence-electron chi connectivity index (χ1n) is 42.3. The lowest BCUT2D eigenvalue weighted by atomic mass is 9.68. The number of furan rings is 1. The zero-order chi connectivity index (χ0) is 82.5. The van der Waals surface area contributed by atoms with Crippen LogP contribution >= 0.6 is 45.3 Å². The fourth-order valence-corrected chi connectivity index (χ4v) is 24.2. The molecule has 0 atom stereocenters. The van der Waals surface area contributed by atoms with Crippen LogP contribution in [0.2, 0.25) is 0 Å². The van der Waals surface area contributed by atoms with Crippen LogP contribution in [0.25, 0.3) is 192 Å². The molecule has 0 unspecified atom stereocenters. The number of fused-ring (bicyclic) bond motifs is 19. The molecule has 1 aliphatic rings. The summed E-state index contributed by atoms with van der Waals surface area (Å²) in [5, 5.41) is 11.6. The molecule has 0 amide bonds. The zero-order valence-electron chi connectivity index (χ0n) is 67.5. The van der Waals surface area contributed by atoms with E-state index in [1.807, 2.05) is 75.7 Å². The molecule has 0 fully saturated rings. The summed E-state index contributed by atoms with van der Waals surface area (Å²) in [6, 6.07) is 160. The van der Waals surface area contributed by atoms with Crippen LogP contribution in [0.3, 0.4) is 0 Å². The summed E-state index contributed by atoms with van der Waals surface area (Å²) >= 11 is 7.57.